The molecule has 1 atom stereocenters. The number of hydrogen-bond acceptors (Lipinski definition) is 3. The topological polar surface area (TPSA) is 29.5 Å². The zero-order chi connectivity index (χ0) is 10.6. The second-order valence-corrected chi connectivity index (χ2v) is 4.97. The van der Waals surface area contributed by atoms with Crippen LogP contribution in [0.3, 0.4) is 0 Å². The monoisotopic (exact) mass is 214 g/mol. The van der Waals surface area contributed by atoms with E-state index < -0.39 is 11.7 Å². The van der Waals surface area contributed by atoms with Gasteiger partial charge in [-0.15, -0.1) is 11.3 Å². The van der Waals surface area contributed by atoms with E-state index in [-0.39, 0.29) is 0 Å². The molecule has 0 saturated heterocycles. The highest BCUT2D eigenvalue weighted by Crippen LogP contribution is 2.20. The molecule has 1 heterocycles. The number of ether oxygens (including phenoxy) is 1. The van der Waals surface area contributed by atoms with E-state index in [0.717, 1.165) is 12.8 Å². The minimum absolute atomic E-state index is 0.408. The van der Waals surface area contributed by atoms with Gasteiger partial charge in [-0.25, -0.2) is 0 Å². The Hall–Kier alpha value is -0.380. The molecule has 14 heavy (non-hydrogen) atoms. The summed E-state index contributed by atoms with van der Waals surface area (Å²) in [6.45, 7) is 3.82. The van der Waals surface area contributed by atoms with Crippen LogP contribution in [0.25, 0.3) is 0 Å². The van der Waals surface area contributed by atoms with Crippen molar-refractivity contribution in [2.75, 3.05) is 7.11 Å². The van der Waals surface area contributed by atoms with Crippen LogP contribution in [0.5, 0.6) is 0 Å². The molecule has 3 heteroatoms. The number of methoxy groups -OCH3 is 1. The molecule has 0 aliphatic carbocycles. The van der Waals surface area contributed by atoms with Gasteiger partial charge < -0.3 is 9.84 Å². The third kappa shape index (κ3) is 3.08. The third-order valence-electron chi connectivity index (χ3n) is 2.57. The van der Waals surface area contributed by atoms with E-state index >= 15 is 0 Å². The lowest BCUT2D eigenvalue weighted by atomic mass is 9.97. The molecular weight excluding hydrogens is 196 g/mol. The van der Waals surface area contributed by atoms with Crippen molar-refractivity contribution in [2.24, 2.45) is 0 Å². The van der Waals surface area contributed by atoms with Crippen LogP contribution in [0, 0.1) is 0 Å². The van der Waals surface area contributed by atoms with Crippen molar-refractivity contribution in [1.82, 2.24) is 0 Å². The Morgan fingerprint density at radius 3 is 2.79 bits per heavy atom. The molecule has 0 bridgehead atoms. The van der Waals surface area contributed by atoms with E-state index in [2.05, 4.69) is 11.4 Å². The summed E-state index contributed by atoms with van der Waals surface area (Å²) in [5, 5.41) is 11.9. The van der Waals surface area contributed by atoms with Crippen molar-refractivity contribution < 1.29 is 9.84 Å². The first-order valence-corrected chi connectivity index (χ1v) is 5.70. The number of aliphatic hydroxyl groups is 1. The molecule has 1 N–H and O–H groups in total. The second kappa shape index (κ2) is 4.91. The lowest BCUT2D eigenvalue weighted by Crippen LogP contribution is -2.38. The molecule has 0 radical (unpaired) electrons. The third-order valence-corrected chi connectivity index (χ3v) is 3.51. The van der Waals surface area contributed by atoms with Gasteiger partial charge in [-0.05, 0) is 38.1 Å². The summed E-state index contributed by atoms with van der Waals surface area (Å²) in [5.74, 6) is 0. The standard InChI is InChI=1S/C11H18O2S/c1-11(2,13-3)10(12)7-6-9-5-4-8-14-9/h4-5,8,10,12H,6-7H2,1-3H3. The molecule has 80 valence electrons. The van der Waals surface area contributed by atoms with Gasteiger partial charge in [0.15, 0.2) is 0 Å². The largest absolute Gasteiger partial charge is 0.390 e. The van der Waals surface area contributed by atoms with Gasteiger partial charge in [0, 0.05) is 12.0 Å². The van der Waals surface area contributed by atoms with Crippen LogP contribution in [-0.4, -0.2) is 23.9 Å². The molecule has 0 spiro atoms. The van der Waals surface area contributed by atoms with Gasteiger partial charge in [-0.1, -0.05) is 6.07 Å². The molecule has 0 aliphatic rings. The normalized spacial score (nSPS) is 14.3. The fraction of sp³-hybridized carbons (Fsp3) is 0.636. The Morgan fingerprint density at radius 2 is 2.29 bits per heavy atom. The van der Waals surface area contributed by atoms with Gasteiger partial charge in [0.05, 0.1) is 11.7 Å². The molecule has 0 fully saturated rings. The van der Waals surface area contributed by atoms with Crippen molar-refractivity contribution in [3.8, 4) is 0 Å². The van der Waals surface area contributed by atoms with Crippen molar-refractivity contribution in [2.45, 2.75) is 38.4 Å². The van der Waals surface area contributed by atoms with Crippen LogP contribution in [0.2, 0.25) is 0 Å². The maximum absolute atomic E-state index is 9.86. The van der Waals surface area contributed by atoms with Crippen molar-refractivity contribution in [3.05, 3.63) is 22.4 Å². The van der Waals surface area contributed by atoms with Crippen LogP contribution >= 0.6 is 11.3 Å². The summed E-state index contributed by atoms with van der Waals surface area (Å²) in [6, 6.07) is 4.13. The predicted molar refractivity (Wildman–Crippen MR) is 59.7 cm³/mol. The van der Waals surface area contributed by atoms with E-state index in [1.54, 1.807) is 18.4 Å². The van der Waals surface area contributed by atoms with Crippen molar-refractivity contribution in [1.29, 1.82) is 0 Å². The molecule has 0 saturated carbocycles. The molecule has 1 aromatic rings. The molecule has 1 unspecified atom stereocenters. The first-order chi connectivity index (χ1) is 6.56. The van der Waals surface area contributed by atoms with Gasteiger partial charge >= 0.3 is 0 Å². The van der Waals surface area contributed by atoms with Gasteiger partial charge in [0.25, 0.3) is 0 Å². The van der Waals surface area contributed by atoms with Gasteiger partial charge in [-0.2, -0.15) is 0 Å². The highest BCUT2D eigenvalue weighted by molar-refractivity contribution is 7.09. The Morgan fingerprint density at radius 1 is 1.57 bits per heavy atom. The summed E-state index contributed by atoms with van der Waals surface area (Å²) in [6.07, 6.45) is 1.27. The first-order valence-electron chi connectivity index (χ1n) is 4.82. The van der Waals surface area contributed by atoms with E-state index in [9.17, 15) is 5.11 Å². The van der Waals surface area contributed by atoms with Crippen LogP contribution in [-0.2, 0) is 11.2 Å². The molecule has 2 nitrogen and oxygen atoms in total. The molecule has 0 amide bonds. The van der Waals surface area contributed by atoms with Crippen LogP contribution in [0.1, 0.15) is 25.1 Å². The summed E-state index contributed by atoms with van der Waals surface area (Å²) >= 11 is 1.73. The van der Waals surface area contributed by atoms with E-state index in [4.69, 9.17) is 4.74 Å². The summed E-state index contributed by atoms with van der Waals surface area (Å²) in [5.41, 5.74) is -0.447. The Kier molecular flexibility index (Phi) is 4.11. The number of thiophene rings is 1. The van der Waals surface area contributed by atoms with E-state index in [1.165, 1.54) is 4.88 Å². The molecule has 0 aromatic carbocycles. The zero-order valence-electron chi connectivity index (χ0n) is 8.99. The average molecular weight is 214 g/mol. The quantitative estimate of drug-likeness (QED) is 0.816. The number of hydrogen-bond donors (Lipinski definition) is 1. The maximum Gasteiger partial charge on any atom is 0.0880 e. The highest BCUT2D eigenvalue weighted by Gasteiger charge is 2.26. The number of aryl methyl sites for hydroxylation is 1. The van der Waals surface area contributed by atoms with Gasteiger partial charge in [0.2, 0.25) is 0 Å². The number of aliphatic hydroxyl groups excluding tert-OH is 1. The van der Waals surface area contributed by atoms with E-state index in [0.29, 0.717) is 0 Å². The van der Waals surface area contributed by atoms with Crippen LogP contribution < -0.4 is 0 Å². The average Bonchev–Trinajstić information content (AvgIpc) is 2.66. The van der Waals surface area contributed by atoms with Crippen LogP contribution in [0.15, 0.2) is 17.5 Å². The number of rotatable bonds is 5. The Bertz CT molecular complexity index is 254. The van der Waals surface area contributed by atoms with Crippen molar-refractivity contribution in [3.63, 3.8) is 0 Å². The summed E-state index contributed by atoms with van der Waals surface area (Å²) in [4.78, 5) is 1.32. The maximum atomic E-state index is 9.86. The Balaban J connectivity index is 2.38. The fourth-order valence-corrected chi connectivity index (χ4v) is 1.94. The first kappa shape index (κ1) is 11.7. The minimum Gasteiger partial charge on any atom is -0.390 e. The highest BCUT2D eigenvalue weighted by atomic mass is 32.1. The second-order valence-electron chi connectivity index (χ2n) is 3.94. The SMILES string of the molecule is COC(C)(C)C(O)CCc1cccs1. The lowest BCUT2D eigenvalue weighted by molar-refractivity contribution is -0.0797. The predicted octanol–water partition coefficient (Wildman–Crippen LogP) is 2.47. The van der Waals surface area contributed by atoms with E-state index in [1.807, 2.05) is 19.9 Å². The summed E-state index contributed by atoms with van der Waals surface area (Å²) in [7, 11) is 1.63. The minimum atomic E-state index is -0.447. The molecular formula is C11H18O2S. The van der Waals surface area contributed by atoms with Crippen molar-refractivity contribution >= 4 is 11.3 Å². The smallest absolute Gasteiger partial charge is 0.0880 e. The van der Waals surface area contributed by atoms with Gasteiger partial charge in [0.1, 0.15) is 0 Å². The fourth-order valence-electron chi connectivity index (χ4n) is 1.22. The van der Waals surface area contributed by atoms with Crippen LogP contribution in [0.4, 0.5) is 0 Å². The summed E-state index contributed by atoms with van der Waals surface area (Å²) < 4.78 is 5.22. The lowest BCUT2D eigenvalue weighted by Gasteiger charge is -2.28. The molecule has 1 aromatic heterocycles. The zero-order valence-corrected chi connectivity index (χ0v) is 9.80. The molecule has 0 aliphatic heterocycles. The molecule has 1 rings (SSSR count). The van der Waals surface area contributed by atoms with Gasteiger partial charge in [-0.3, -0.25) is 0 Å². The Labute approximate surface area is 89.5 Å².